The average molecular weight is 383 g/mol. The summed E-state index contributed by atoms with van der Waals surface area (Å²) in [7, 11) is 2.24. The number of hydrogen-bond acceptors (Lipinski definition) is 6. The van der Waals surface area contributed by atoms with Crippen LogP contribution >= 0.6 is 0 Å². The molecule has 1 amide bonds. The van der Waals surface area contributed by atoms with Gasteiger partial charge >= 0.3 is 0 Å². The largest absolute Gasteiger partial charge is 0.378 e. The standard InChI is InChI=1S/C21H29N5O2/c1-25-15-3-2-4-16(25)12-14(11-15)22-21(27)20-18-13-17(5-6-19(18)23-24-20)26-7-9-28-10-8-26/h5,13-16H,2-4,6-12H2,1H3,(H,22,27). The van der Waals surface area contributed by atoms with E-state index in [2.05, 4.69) is 44.5 Å². The molecule has 4 aliphatic heterocycles. The van der Waals surface area contributed by atoms with Crippen molar-refractivity contribution in [2.24, 2.45) is 10.2 Å². The first-order valence-corrected chi connectivity index (χ1v) is 10.6. The summed E-state index contributed by atoms with van der Waals surface area (Å²) in [4.78, 5) is 17.9. The molecular weight excluding hydrogens is 354 g/mol. The van der Waals surface area contributed by atoms with Crippen molar-refractivity contribution in [3.05, 3.63) is 23.4 Å². The van der Waals surface area contributed by atoms with Gasteiger partial charge < -0.3 is 19.9 Å². The summed E-state index contributed by atoms with van der Waals surface area (Å²) in [5.41, 5.74) is 3.45. The summed E-state index contributed by atoms with van der Waals surface area (Å²) in [5, 5.41) is 11.8. The first-order valence-electron chi connectivity index (χ1n) is 10.6. The van der Waals surface area contributed by atoms with E-state index in [1.165, 1.54) is 19.3 Å². The van der Waals surface area contributed by atoms with Crippen LogP contribution in [0.15, 0.2) is 33.6 Å². The van der Waals surface area contributed by atoms with Gasteiger partial charge in [-0.25, -0.2) is 0 Å². The molecule has 0 aromatic rings. The summed E-state index contributed by atoms with van der Waals surface area (Å²) < 4.78 is 5.46. The zero-order valence-electron chi connectivity index (χ0n) is 16.6. The van der Waals surface area contributed by atoms with E-state index in [9.17, 15) is 4.79 Å². The van der Waals surface area contributed by atoms with Gasteiger partial charge in [-0.3, -0.25) is 4.79 Å². The second kappa shape index (κ2) is 7.44. The minimum absolute atomic E-state index is 0.0687. The predicted molar refractivity (Wildman–Crippen MR) is 108 cm³/mol. The van der Waals surface area contributed by atoms with Crippen LogP contribution in [0.5, 0.6) is 0 Å². The van der Waals surface area contributed by atoms with Crippen molar-refractivity contribution in [1.29, 1.82) is 0 Å². The molecule has 2 unspecified atom stereocenters. The van der Waals surface area contributed by atoms with Gasteiger partial charge in [0.15, 0.2) is 5.71 Å². The molecule has 3 saturated heterocycles. The van der Waals surface area contributed by atoms with E-state index in [-0.39, 0.29) is 11.9 Å². The molecule has 1 N–H and O–H groups in total. The van der Waals surface area contributed by atoms with Gasteiger partial charge in [0.05, 0.1) is 18.9 Å². The van der Waals surface area contributed by atoms with Gasteiger partial charge in [-0.05, 0) is 38.8 Å². The third-order valence-electron chi connectivity index (χ3n) is 6.90. The van der Waals surface area contributed by atoms with Crippen LogP contribution in [-0.2, 0) is 9.53 Å². The first kappa shape index (κ1) is 18.1. The van der Waals surface area contributed by atoms with E-state index in [1.807, 2.05) is 0 Å². The molecule has 7 nitrogen and oxygen atoms in total. The topological polar surface area (TPSA) is 69.5 Å². The molecular formula is C21H29N5O2. The number of amides is 1. The van der Waals surface area contributed by atoms with Crippen LogP contribution in [-0.4, -0.2) is 78.6 Å². The molecule has 0 radical (unpaired) electrons. The summed E-state index contributed by atoms with van der Waals surface area (Å²) in [6, 6.07) is 1.43. The van der Waals surface area contributed by atoms with Crippen molar-refractivity contribution in [3.63, 3.8) is 0 Å². The fourth-order valence-electron chi connectivity index (χ4n) is 5.26. The number of carbonyl (C=O) groups excluding carboxylic acids is 1. The summed E-state index contributed by atoms with van der Waals surface area (Å²) in [6.45, 7) is 3.28. The Kier molecular flexibility index (Phi) is 4.80. The summed E-state index contributed by atoms with van der Waals surface area (Å²) in [6.07, 6.45) is 10.9. The molecule has 0 saturated carbocycles. The first-order chi connectivity index (χ1) is 13.7. The van der Waals surface area contributed by atoms with Gasteiger partial charge in [0.1, 0.15) is 0 Å². The Hall–Kier alpha value is -1.99. The van der Waals surface area contributed by atoms with E-state index in [0.29, 0.717) is 17.8 Å². The number of fused-ring (bicyclic) bond motifs is 3. The van der Waals surface area contributed by atoms with Crippen LogP contribution in [0.4, 0.5) is 0 Å². The quantitative estimate of drug-likeness (QED) is 0.801. The van der Waals surface area contributed by atoms with Crippen LogP contribution < -0.4 is 5.32 Å². The number of hydrogen-bond donors (Lipinski definition) is 1. The molecule has 2 atom stereocenters. The van der Waals surface area contributed by atoms with Crippen molar-refractivity contribution in [2.45, 2.75) is 56.7 Å². The Bertz CT molecular complexity index is 764. The lowest BCUT2D eigenvalue weighted by atomic mass is 9.82. The third kappa shape index (κ3) is 3.31. The Morgan fingerprint density at radius 3 is 2.68 bits per heavy atom. The number of piperidine rings is 2. The molecule has 0 aromatic heterocycles. The Balaban J connectivity index is 1.27. The number of ether oxygens (including phenoxy) is 1. The Morgan fingerprint density at radius 2 is 1.93 bits per heavy atom. The average Bonchev–Trinajstić information content (AvgIpc) is 3.13. The maximum atomic E-state index is 13.0. The van der Waals surface area contributed by atoms with Crippen LogP contribution in [0.2, 0.25) is 0 Å². The van der Waals surface area contributed by atoms with Crippen molar-refractivity contribution in [1.82, 2.24) is 15.1 Å². The second-order valence-electron chi connectivity index (χ2n) is 8.53. The van der Waals surface area contributed by atoms with Gasteiger partial charge in [0.25, 0.3) is 5.91 Å². The van der Waals surface area contributed by atoms with Crippen LogP contribution in [0.3, 0.4) is 0 Å². The van der Waals surface area contributed by atoms with Crippen LogP contribution in [0.25, 0.3) is 0 Å². The van der Waals surface area contributed by atoms with Crippen molar-refractivity contribution < 1.29 is 9.53 Å². The van der Waals surface area contributed by atoms with Gasteiger partial charge in [-0.1, -0.05) is 12.5 Å². The lowest BCUT2D eigenvalue weighted by molar-refractivity contribution is -0.116. The molecule has 5 rings (SSSR count). The normalized spacial score (nSPS) is 32.8. The maximum Gasteiger partial charge on any atom is 0.272 e. The summed E-state index contributed by atoms with van der Waals surface area (Å²) >= 11 is 0. The minimum atomic E-state index is -0.0687. The Labute approximate surface area is 166 Å². The van der Waals surface area contributed by atoms with Gasteiger partial charge in [-0.15, -0.1) is 5.10 Å². The van der Waals surface area contributed by atoms with Gasteiger partial charge in [0, 0.05) is 48.9 Å². The van der Waals surface area contributed by atoms with E-state index in [1.54, 1.807) is 0 Å². The second-order valence-corrected chi connectivity index (χ2v) is 8.53. The highest BCUT2D eigenvalue weighted by atomic mass is 16.5. The van der Waals surface area contributed by atoms with E-state index >= 15 is 0 Å². The maximum absolute atomic E-state index is 13.0. The molecule has 3 fully saturated rings. The fraction of sp³-hybridized carbons (Fsp3) is 0.667. The van der Waals surface area contributed by atoms with Crippen LogP contribution in [0.1, 0.15) is 38.5 Å². The molecule has 28 heavy (non-hydrogen) atoms. The zero-order valence-corrected chi connectivity index (χ0v) is 16.6. The highest BCUT2D eigenvalue weighted by Gasteiger charge is 2.38. The molecule has 1 aliphatic carbocycles. The lowest BCUT2D eigenvalue weighted by Gasteiger charge is -2.47. The SMILES string of the molecule is CN1C2CCCC1CC(NC(=O)C1=NN=C3CC=C(N4CCOCC4)C=C31)C2. The molecule has 4 heterocycles. The molecule has 5 aliphatic rings. The number of nitrogens with zero attached hydrogens (tertiary/aromatic N) is 4. The van der Waals surface area contributed by atoms with E-state index in [4.69, 9.17) is 4.74 Å². The number of rotatable bonds is 3. The minimum Gasteiger partial charge on any atom is -0.378 e. The molecule has 2 bridgehead atoms. The highest BCUT2D eigenvalue weighted by Crippen LogP contribution is 2.33. The molecule has 0 aromatic carbocycles. The smallest absolute Gasteiger partial charge is 0.272 e. The van der Waals surface area contributed by atoms with E-state index < -0.39 is 0 Å². The lowest BCUT2D eigenvalue weighted by Crippen LogP contribution is -2.56. The summed E-state index contributed by atoms with van der Waals surface area (Å²) in [5.74, 6) is -0.0687. The van der Waals surface area contributed by atoms with Crippen LogP contribution in [0, 0.1) is 0 Å². The zero-order chi connectivity index (χ0) is 19.1. The van der Waals surface area contributed by atoms with Gasteiger partial charge in [-0.2, -0.15) is 5.10 Å². The third-order valence-corrected chi connectivity index (χ3v) is 6.90. The van der Waals surface area contributed by atoms with Crippen molar-refractivity contribution in [2.75, 3.05) is 33.4 Å². The van der Waals surface area contributed by atoms with E-state index in [0.717, 1.165) is 62.5 Å². The monoisotopic (exact) mass is 383 g/mol. The molecule has 0 spiro atoms. The van der Waals surface area contributed by atoms with Crippen molar-refractivity contribution in [3.8, 4) is 0 Å². The predicted octanol–water partition coefficient (Wildman–Crippen LogP) is 1.47. The molecule has 150 valence electrons. The number of allylic oxidation sites excluding steroid dienone is 2. The van der Waals surface area contributed by atoms with Crippen molar-refractivity contribution >= 4 is 17.3 Å². The van der Waals surface area contributed by atoms with Gasteiger partial charge in [0.2, 0.25) is 0 Å². The number of morpholine rings is 1. The fourth-order valence-corrected chi connectivity index (χ4v) is 5.26. The highest BCUT2D eigenvalue weighted by molar-refractivity contribution is 6.53. The number of carbonyl (C=O) groups is 1. The Morgan fingerprint density at radius 1 is 1.18 bits per heavy atom. The number of nitrogens with one attached hydrogen (secondary N) is 1. The molecule has 7 heteroatoms.